The quantitative estimate of drug-likeness (QED) is 0.923. The highest BCUT2D eigenvalue weighted by Crippen LogP contribution is 2.43. The van der Waals surface area contributed by atoms with Gasteiger partial charge in [-0.3, -0.25) is 4.79 Å². The number of anilines is 1. The molecule has 2 aromatic rings. The van der Waals surface area contributed by atoms with Crippen LogP contribution in [0, 0.1) is 5.82 Å². The predicted octanol–water partition coefficient (Wildman–Crippen LogP) is 3.97. The zero-order valence-corrected chi connectivity index (χ0v) is 13.4. The first-order chi connectivity index (χ1) is 11.0. The molecule has 3 rings (SSSR count). The fourth-order valence-corrected chi connectivity index (χ4v) is 2.93. The van der Waals surface area contributed by atoms with E-state index in [1.165, 1.54) is 19.2 Å². The van der Waals surface area contributed by atoms with E-state index in [2.05, 4.69) is 5.32 Å². The Morgan fingerprint density at radius 1 is 1.17 bits per heavy atom. The lowest BCUT2D eigenvalue weighted by Crippen LogP contribution is -2.23. The van der Waals surface area contributed by atoms with E-state index in [4.69, 9.17) is 21.1 Å². The van der Waals surface area contributed by atoms with Crippen LogP contribution in [0.2, 0.25) is 5.02 Å². The largest absolute Gasteiger partial charge is 0.493 e. The van der Waals surface area contributed by atoms with Crippen LogP contribution >= 0.6 is 11.6 Å². The summed E-state index contributed by atoms with van der Waals surface area (Å²) in [5.41, 5.74) is 2.18. The van der Waals surface area contributed by atoms with Crippen molar-refractivity contribution in [2.75, 3.05) is 19.5 Å². The van der Waals surface area contributed by atoms with Gasteiger partial charge in [0.15, 0.2) is 11.5 Å². The van der Waals surface area contributed by atoms with E-state index < -0.39 is 5.82 Å². The van der Waals surface area contributed by atoms with Gasteiger partial charge in [0.1, 0.15) is 5.82 Å². The van der Waals surface area contributed by atoms with Gasteiger partial charge in [0.05, 0.1) is 19.2 Å². The van der Waals surface area contributed by atoms with Crippen molar-refractivity contribution in [2.45, 2.75) is 12.3 Å². The predicted molar refractivity (Wildman–Crippen MR) is 86.0 cm³/mol. The van der Waals surface area contributed by atoms with Crippen LogP contribution in [0.5, 0.6) is 11.5 Å². The Hall–Kier alpha value is -2.27. The van der Waals surface area contributed by atoms with Gasteiger partial charge < -0.3 is 14.8 Å². The smallest absolute Gasteiger partial charge is 0.225 e. The Morgan fingerprint density at radius 3 is 2.52 bits per heavy atom. The lowest BCUT2D eigenvalue weighted by Gasteiger charge is -2.27. The standard InChI is InChI=1S/C17H15ClFNO3/c1-22-15-6-11-10(9-3-4-12(18)13(19)5-9)7-17(21)20-14(11)8-16(15)23-2/h3-6,8,10H,7H2,1-2H3,(H,20,21). The average molecular weight is 336 g/mol. The summed E-state index contributed by atoms with van der Waals surface area (Å²) in [5.74, 6) is 0.170. The van der Waals surface area contributed by atoms with Gasteiger partial charge in [-0.1, -0.05) is 17.7 Å². The Balaban J connectivity index is 2.13. The lowest BCUT2D eigenvalue weighted by atomic mass is 9.84. The molecule has 0 fully saturated rings. The first-order valence-corrected chi connectivity index (χ1v) is 7.42. The second-order valence-electron chi connectivity index (χ2n) is 5.27. The Morgan fingerprint density at radius 2 is 1.87 bits per heavy atom. The number of carbonyl (C=O) groups excluding carboxylic acids is 1. The Kier molecular flexibility index (Phi) is 4.13. The van der Waals surface area contributed by atoms with Crippen molar-refractivity contribution >= 4 is 23.2 Å². The minimum atomic E-state index is -0.503. The number of nitrogens with one attached hydrogen (secondary N) is 1. The highest BCUT2D eigenvalue weighted by Gasteiger charge is 2.28. The normalized spacial score (nSPS) is 16.5. The lowest BCUT2D eigenvalue weighted by molar-refractivity contribution is -0.116. The molecule has 1 aliphatic heterocycles. The van der Waals surface area contributed by atoms with E-state index in [1.807, 2.05) is 6.07 Å². The van der Waals surface area contributed by atoms with Gasteiger partial charge in [0.2, 0.25) is 5.91 Å². The van der Waals surface area contributed by atoms with Crippen molar-refractivity contribution in [2.24, 2.45) is 0 Å². The topological polar surface area (TPSA) is 47.6 Å². The van der Waals surface area contributed by atoms with Crippen molar-refractivity contribution in [1.82, 2.24) is 0 Å². The summed E-state index contributed by atoms with van der Waals surface area (Å²) in [6.45, 7) is 0. The molecule has 4 nitrogen and oxygen atoms in total. The molecule has 1 aliphatic rings. The summed E-state index contributed by atoms with van der Waals surface area (Å²) < 4.78 is 24.4. The van der Waals surface area contributed by atoms with Crippen molar-refractivity contribution in [3.05, 3.63) is 52.3 Å². The SMILES string of the molecule is COc1cc2c(cc1OC)C(c1ccc(Cl)c(F)c1)CC(=O)N2. The molecule has 2 aromatic carbocycles. The fourth-order valence-electron chi connectivity index (χ4n) is 2.81. The molecule has 0 spiro atoms. The van der Waals surface area contributed by atoms with Gasteiger partial charge in [0, 0.05) is 24.1 Å². The minimum Gasteiger partial charge on any atom is -0.493 e. The summed E-state index contributed by atoms with van der Waals surface area (Å²) in [4.78, 5) is 12.0. The molecule has 0 aliphatic carbocycles. The van der Waals surface area contributed by atoms with E-state index in [0.29, 0.717) is 22.7 Å². The molecule has 1 N–H and O–H groups in total. The number of halogens is 2. The summed E-state index contributed by atoms with van der Waals surface area (Å²) >= 11 is 5.74. The molecule has 1 atom stereocenters. The number of fused-ring (bicyclic) bond motifs is 1. The highest BCUT2D eigenvalue weighted by molar-refractivity contribution is 6.30. The molecule has 1 heterocycles. The van der Waals surface area contributed by atoms with Crippen LogP contribution in [0.15, 0.2) is 30.3 Å². The van der Waals surface area contributed by atoms with Gasteiger partial charge in [-0.05, 0) is 29.3 Å². The number of hydrogen-bond donors (Lipinski definition) is 1. The third-order valence-electron chi connectivity index (χ3n) is 3.94. The molecule has 0 radical (unpaired) electrons. The zero-order chi connectivity index (χ0) is 16.6. The monoisotopic (exact) mass is 335 g/mol. The van der Waals surface area contributed by atoms with Crippen LogP contribution in [0.3, 0.4) is 0 Å². The van der Waals surface area contributed by atoms with E-state index in [-0.39, 0.29) is 23.3 Å². The maximum Gasteiger partial charge on any atom is 0.225 e. The minimum absolute atomic E-state index is 0.0570. The zero-order valence-electron chi connectivity index (χ0n) is 12.7. The van der Waals surface area contributed by atoms with E-state index in [0.717, 1.165) is 5.56 Å². The van der Waals surface area contributed by atoms with Gasteiger partial charge in [-0.2, -0.15) is 0 Å². The van der Waals surface area contributed by atoms with Crippen molar-refractivity contribution in [1.29, 1.82) is 0 Å². The number of methoxy groups -OCH3 is 2. The molecule has 120 valence electrons. The van der Waals surface area contributed by atoms with E-state index >= 15 is 0 Å². The number of hydrogen-bond acceptors (Lipinski definition) is 3. The van der Waals surface area contributed by atoms with Crippen LogP contribution in [-0.4, -0.2) is 20.1 Å². The molecule has 1 unspecified atom stereocenters. The van der Waals surface area contributed by atoms with Crippen LogP contribution in [0.25, 0.3) is 0 Å². The van der Waals surface area contributed by atoms with Gasteiger partial charge >= 0.3 is 0 Å². The van der Waals surface area contributed by atoms with Crippen LogP contribution in [0.1, 0.15) is 23.5 Å². The number of benzene rings is 2. The summed E-state index contributed by atoms with van der Waals surface area (Å²) in [6, 6.07) is 8.12. The van der Waals surface area contributed by atoms with Gasteiger partial charge in [0.25, 0.3) is 0 Å². The molecule has 0 aromatic heterocycles. The fraction of sp³-hybridized carbons (Fsp3) is 0.235. The molecule has 23 heavy (non-hydrogen) atoms. The maximum absolute atomic E-state index is 13.8. The average Bonchev–Trinajstić information content (AvgIpc) is 2.55. The summed E-state index contributed by atoms with van der Waals surface area (Å²) in [5, 5.41) is 2.87. The van der Waals surface area contributed by atoms with Crippen LogP contribution in [0.4, 0.5) is 10.1 Å². The first-order valence-electron chi connectivity index (χ1n) is 7.04. The third-order valence-corrected chi connectivity index (χ3v) is 4.25. The molecular weight excluding hydrogens is 321 g/mol. The van der Waals surface area contributed by atoms with Crippen LogP contribution in [-0.2, 0) is 4.79 Å². The van der Waals surface area contributed by atoms with Crippen molar-refractivity contribution in [3.8, 4) is 11.5 Å². The molecule has 0 bridgehead atoms. The van der Waals surface area contributed by atoms with Crippen molar-refractivity contribution < 1.29 is 18.7 Å². The number of amides is 1. The van der Waals surface area contributed by atoms with Crippen LogP contribution < -0.4 is 14.8 Å². The summed E-state index contributed by atoms with van der Waals surface area (Å²) in [7, 11) is 3.07. The van der Waals surface area contributed by atoms with E-state index in [1.54, 1.807) is 19.2 Å². The van der Waals surface area contributed by atoms with E-state index in [9.17, 15) is 9.18 Å². The molecule has 6 heteroatoms. The Bertz CT molecular complexity index is 779. The maximum atomic E-state index is 13.8. The second kappa shape index (κ2) is 6.08. The number of ether oxygens (including phenoxy) is 2. The summed E-state index contributed by atoms with van der Waals surface area (Å²) in [6.07, 6.45) is 0.226. The first kappa shape index (κ1) is 15.6. The second-order valence-corrected chi connectivity index (χ2v) is 5.68. The molecular formula is C17H15ClFNO3. The third kappa shape index (κ3) is 2.84. The van der Waals surface area contributed by atoms with Gasteiger partial charge in [-0.25, -0.2) is 4.39 Å². The molecule has 1 amide bonds. The number of rotatable bonds is 3. The van der Waals surface area contributed by atoms with Gasteiger partial charge in [-0.15, -0.1) is 0 Å². The van der Waals surface area contributed by atoms with Crippen molar-refractivity contribution in [3.63, 3.8) is 0 Å². The molecule has 0 saturated carbocycles. The Labute approximate surface area is 138 Å². The molecule has 0 saturated heterocycles. The number of carbonyl (C=O) groups is 1. The highest BCUT2D eigenvalue weighted by atomic mass is 35.5.